The van der Waals surface area contributed by atoms with Crippen molar-refractivity contribution >= 4 is 21.4 Å². The Morgan fingerprint density at radius 2 is 2.11 bits per heavy atom. The maximum absolute atomic E-state index is 12.7. The summed E-state index contributed by atoms with van der Waals surface area (Å²) in [5.74, 6) is -0.901. The summed E-state index contributed by atoms with van der Waals surface area (Å²) >= 11 is 0. The molecule has 1 aliphatic rings. The average molecular weight is 385 g/mol. The van der Waals surface area contributed by atoms with E-state index in [4.69, 9.17) is 10.3 Å². The van der Waals surface area contributed by atoms with E-state index in [0.717, 1.165) is 11.0 Å². The molecule has 10 heteroatoms. The van der Waals surface area contributed by atoms with E-state index in [-0.39, 0.29) is 22.9 Å². The molecule has 9 nitrogen and oxygen atoms in total. The molecule has 27 heavy (non-hydrogen) atoms. The van der Waals surface area contributed by atoms with Crippen LogP contribution in [0.15, 0.2) is 53.0 Å². The smallest absolute Gasteiger partial charge is 0.257 e. The summed E-state index contributed by atoms with van der Waals surface area (Å²) in [6, 6.07) is 9.92. The molecule has 0 unspecified atom stereocenters. The van der Waals surface area contributed by atoms with Gasteiger partial charge in [-0.15, -0.1) is 0 Å². The first-order valence-electron chi connectivity index (χ1n) is 7.85. The molecule has 1 N–H and O–H groups in total. The number of carbonyl (C=O) groups is 1. The third-order valence-electron chi connectivity index (χ3n) is 3.85. The van der Waals surface area contributed by atoms with Crippen LogP contribution >= 0.6 is 0 Å². The summed E-state index contributed by atoms with van der Waals surface area (Å²) in [6.45, 7) is 0. The normalized spacial score (nSPS) is 17.1. The van der Waals surface area contributed by atoms with Gasteiger partial charge in [0.1, 0.15) is 5.56 Å². The van der Waals surface area contributed by atoms with Crippen molar-refractivity contribution in [3.05, 3.63) is 63.9 Å². The second kappa shape index (κ2) is 7.48. The molecule has 1 aromatic heterocycles. The number of sulfone groups is 1. The molecule has 0 saturated carbocycles. The fraction of sp³-hybridized carbons (Fsp3) is 0.176. The van der Waals surface area contributed by atoms with E-state index in [9.17, 15) is 13.2 Å². The second-order valence-corrected chi connectivity index (χ2v) is 7.64. The van der Waals surface area contributed by atoms with Gasteiger partial charge in [-0.2, -0.15) is 0 Å². The van der Waals surface area contributed by atoms with Crippen molar-refractivity contribution in [2.24, 2.45) is 5.11 Å². The van der Waals surface area contributed by atoms with Crippen LogP contribution in [0, 0.1) is 0 Å². The Kier molecular flexibility index (Phi) is 5.11. The van der Waals surface area contributed by atoms with Crippen molar-refractivity contribution in [1.29, 1.82) is 0 Å². The first-order chi connectivity index (χ1) is 12.9. The van der Waals surface area contributed by atoms with Gasteiger partial charge in [-0.1, -0.05) is 35.4 Å². The van der Waals surface area contributed by atoms with Gasteiger partial charge in [0.25, 0.3) is 5.91 Å². The molecule has 1 atom stereocenters. The first kappa shape index (κ1) is 18.4. The summed E-state index contributed by atoms with van der Waals surface area (Å²) in [4.78, 5) is 19.8. The fourth-order valence-electron chi connectivity index (χ4n) is 2.66. The third-order valence-corrected chi connectivity index (χ3v) is 5.25. The van der Waals surface area contributed by atoms with E-state index in [1.165, 1.54) is 19.3 Å². The van der Waals surface area contributed by atoms with Crippen LogP contribution in [-0.2, 0) is 9.84 Å². The maximum Gasteiger partial charge on any atom is 0.257 e. The van der Waals surface area contributed by atoms with Crippen LogP contribution in [0.4, 0.5) is 5.69 Å². The number of aromatic nitrogens is 1. The Balaban J connectivity index is 2.02. The molecule has 2 heterocycles. The zero-order chi connectivity index (χ0) is 19.4. The summed E-state index contributed by atoms with van der Waals surface area (Å²) in [7, 11) is -1.99. The van der Waals surface area contributed by atoms with Gasteiger partial charge in [0.05, 0.1) is 30.3 Å². The molecular weight excluding hydrogens is 370 g/mol. The number of benzene rings is 1. The SMILES string of the molecule is COc1nc(-c2ccccc2)cc(N=[N+]=[N-])c1C(=O)N[C@@H]1C=CS(=O)(=O)C1. The highest BCUT2D eigenvalue weighted by Gasteiger charge is 2.27. The molecule has 1 aliphatic heterocycles. The van der Waals surface area contributed by atoms with Crippen LogP contribution in [0.3, 0.4) is 0 Å². The van der Waals surface area contributed by atoms with Gasteiger partial charge in [0, 0.05) is 15.9 Å². The van der Waals surface area contributed by atoms with Gasteiger partial charge < -0.3 is 10.1 Å². The van der Waals surface area contributed by atoms with Crippen LogP contribution < -0.4 is 10.1 Å². The van der Waals surface area contributed by atoms with E-state index in [1.807, 2.05) is 30.3 Å². The third kappa shape index (κ3) is 4.08. The topological polar surface area (TPSA) is 134 Å². The molecule has 0 spiro atoms. The van der Waals surface area contributed by atoms with Gasteiger partial charge in [-0.05, 0) is 17.7 Å². The zero-order valence-electron chi connectivity index (χ0n) is 14.2. The van der Waals surface area contributed by atoms with Crippen LogP contribution in [-0.4, -0.2) is 38.2 Å². The number of hydrogen-bond acceptors (Lipinski definition) is 6. The molecule has 1 aromatic carbocycles. The number of nitrogens with zero attached hydrogens (tertiary/aromatic N) is 4. The standard InChI is InChI=1S/C17H15N5O4S/c1-26-17-15(16(23)19-12-7-8-27(24,25)10-12)14(21-22-18)9-13(20-17)11-5-3-2-4-6-11/h2-9,12H,10H2,1H3,(H,19,23)/t12-/m1/s1. The number of carbonyl (C=O) groups excluding carboxylic acids is 1. The molecule has 0 fully saturated rings. The fourth-order valence-corrected chi connectivity index (χ4v) is 3.90. The van der Waals surface area contributed by atoms with Crippen LogP contribution in [0.5, 0.6) is 5.88 Å². The number of rotatable bonds is 5. The highest BCUT2D eigenvalue weighted by Crippen LogP contribution is 2.32. The van der Waals surface area contributed by atoms with Crippen molar-refractivity contribution in [3.8, 4) is 17.1 Å². The van der Waals surface area contributed by atoms with Gasteiger partial charge >= 0.3 is 0 Å². The Morgan fingerprint density at radius 1 is 1.37 bits per heavy atom. The maximum atomic E-state index is 12.7. The molecule has 0 radical (unpaired) electrons. The minimum absolute atomic E-state index is 0.0268. The molecule has 0 saturated heterocycles. The number of amides is 1. The lowest BCUT2D eigenvalue weighted by molar-refractivity contribution is 0.0944. The van der Waals surface area contributed by atoms with Crippen LogP contribution in [0.1, 0.15) is 10.4 Å². The lowest BCUT2D eigenvalue weighted by Crippen LogP contribution is -2.35. The molecule has 1 amide bonds. The summed E-state index contributed by atoms with van der Waals surface area (Å²) in [5.41, 5.74) is 10.1. The van der Waals surface area contributed by atoms with E-state index >= 15 is 0 Å². The Morgan fingerprint density at radius 3 is 2.70 bits per heavy atom. The number of ether oxygens (including phenoxy) is 1. The summed E-state index contributed by atoms with van der Waals surface area (Å²) < 4.78 is 28.3. The summed E-state index contributed by atoms with van der Waals surface area (Å²) in [6.07, 6.45) is 1.39. The number of hydrogen-bond donors (Lipinski definition) is 1. The van der Waals surface area contributed by atoms with E-state index < -0.39 is 21.8 Å². The van der Waals surface area contributed by atoms with Gasteiger partial charge in [0.15, 0.2) is 9.84 Å². The zero-order valence-corrected chi connectivity index (χ0v) is 15.0. The predicted octanol–water partition coefficient (Wildman–Crippen LogP) is 2.74. The van der Waals surface area contributed by atoms with E-state index in [1.54, 1.807) is 0 Å². The Labute approximate surface area is 155 Å². The van der Waals surface area contributed by atoms with Gasteiger partial charge in [0.2, 0.25) is 5.88 Å². The minimum atomic E-state index is -3.33. The number of nitrogens with one attached hydrogen (secondary N) is 1. The van der Waals surface area contributed by atoms with Crippen LogP contribution in [0.25, 0.3) is 21.7 Å². The highest BCUT2D eigenvalue weighted by molar-refractivity contribution is 7.94. The lowest BCUT2D eigenvalue weighted by atomic mass is 10.1. The molecular formula is C17H15N5O4S. The number of azide groups is 1. The average Bonchev–Trinajstić information content (AvgIpc) is 3.00. The molecule has 138 valence electrons. The van der Waals surface area contributed by atoms with Crippen molar-refractivity contribution in [3.63, 3.8) is 0 Å². The van der Waals surface area contributed by atoms with Crippen molar-refractivity contribution in [2.45, 2.75) is 6.04 Å². The largest absolute Gasteiger partial charge is 0.480 e. The highest BCUT2D eigenvalue weighted by atomic mass is 32.2. The molecule has 2 aromatic rings. The minimum Gasteiger partial charge on any atom is -0.480 e. The number of pyridine rings is 1. The van der Waals surface area contributed by atoms with Crippen LogP contribution in [0.2, 0.25) is 0 Å². The van der Waals surface area contributed by atoms with E-state index in [0.29, 0.717) is 5.69 Å². The quantitative estimate of drug-likeness (QED) is 0.480. The van der Waals surface area contributed by atoms with Crippen molar-refractivity contribution in [2.75, 3.05) is 12.9 Å². The molecule has 3 rings (SSSR count). The summed E-state index contributed by atoms with van der Waals surface area (Å²) in [5, 5.41) is 7.22. The monoisotopic (exact) mass is 385 g/mol. The van der Waals surface area contributed by atoms with Gasteiger partial charge in [-0.25, -0.2) is 13.4 Å². The van der Waals surface area contributed by atoms with E-state index in [2.05, 4.69) is 20.3 Å². The molecule has 0 bridgehead atoms. The van der Waals surface area contributed by atoms with Gasteiger partial charge in [-0.3, -0.25) is 4.79 Å². The Hall–Kier alpha value is -3.36. The van der Waals surface area contributed by atoms with Crippen molar-refractivity contribution < 1.29 is 17.9 Å². The lowest BCUT2D eigenvalue weighted by Gasteiger charge is -2.15. The number of methoxy groups -OCH3 is 1. The Bertz CT molecular complexity index is 1060. The second-order valence-electron chi connectivity index (χ2n) is 5.70. The first-order valence-corrected chi connectivity index (χ1v) is 9.56. The predicted molar refractivity (Wildman–Crippen MR) is 99.2 cm³/mol. The van der Waals surface area contributed by atoms with Crippen molar-refractivity contribution in [1.82, 2.24) is 10.3 Å². The molecule has 0 aliphatic carbocycles.